The van der Waals surface area contributed by atoms with Crippen molar-refractivity contribution >= 4 is 22.7 Å². The van der Waals surface area contributed by atoms with E-state index in [1.165, 1.54) is 16.5 Å². The summed E-state index contributed by atoms with van der Waals surface area (Å²) >= 11 is 0. The highest BCUT2D eigenvalue weighted by atomic mass is 16.3. The van der Waals surface area contributed by atoms with Crippen LogP contribution in [0.5, 0.6) is 5.75 Å². The number of aromatic hydroxyl groups is 1. The van der Waals surface area contributed by atoms with Gasteiger partial charge in [0.1, 0.15) is 11.5 Å². The van der Waals surface area contributed by atoms with Crippen LogP contribution in [0.25, 0.3) is 10.8 Å². The van der Waals surface area contributed by atoms with Crippen LogP contribution >= 0.6 is 0 Å². The van der Waals surface area contributed by atoms with Gasteiger partial charge in [-0.05, 0) is 37.1 Å². The second-order valence-corrected chi connectivity index (χ2v) is 7.21. The van der Waals surface area contributed by atoms with Crippen molar-refractivity contribution in [1.29, 1.82) is 0 Å². The second-order valence-electron chi connectivity index (χ2n) is 7.21. The van der Waals surface area contributed by atoms with Crippen molar-refractivity contribution in [3.05, 3.63) is 59.7 Å². The molecule has 138 valence electrons. The zero-order valence-electron chi connectivity index (χ0n) is 15.4. The first-order valence-electron chi connectivity index (χ1n) is 9.40. The Morgan fingerprint density at radius 2 is 1.85 bits per heavy atom. The lowest BCUT2D eigenvalue weighted by Crippen LogP contribution is -2.34. The summed E-state index contributed by atoms with van der Waals surface area (Å²) in [5.74, 6) is 1.02. The molecule has 0 aliphatic carbocycles. The number of fused-ring (bicyclic) bond motifs is 1. The fourth-order valence-corrected chi connectivity index (χ4v) is 3.94. The van der Waals surface area contributed by atoms with Crippen LogP contribution in [0, 0.1) is 12.8 Å². The summed E-state index contributed by atoms with van der Waals surface area (Å²) in [6.07, 6.45) is 3.45. The first kappa shape index (κ1) is 17.5. The van der Waals surface area contributed by atoms with E-state index in [-0.39, 0.29) is 11.4 Å². The molecule has 1 N–H and O–H groups in total. The molecule has 2 aromatic carbocycles. The van der Waals surface area contributed by atoms with Gasteiger partial charge in [0.25, 0.3) is 0 Å². The van der Waals surface area contributed by atoms with Gasteiger partial charge >= 0.3 is 0 Å². The van der Waals surface area contributed by atoms with Gasteiger partial charge in [-0.15, -0.1) is 0 Å². The first-order chi connectivity index (χ1) is 13.2. The number of benzene rings is 2. The van der Waals surface area contributed by atoms with Gasteiger partial charge < -0.3 is 10.0 Å². The lowest BCUT2D eigenvalue weighted by Gasteiger charge is -2.34. The van der Waals surface area contributed by atoms with Crippen LogP contribution in [-0.2, 0) is 6.42 Å². The first-order valence-corrected chi connectivity index (χ1v) is 9.40. The van der Waals surface area contributed by atoms with E-state index < -0.39 is 0 Å². The molecule has 1 saturated heterocycles. The molecular formula is C22H23N3O2. The maximum absolute atomic E-state index is 11.1. The predicted octanol–water partition coefficient (Wildman–Crippen LogP) is 3.92. The summed E-state index contributed by atoms with van der Waals surface area (Å²) in [6, 6.07) is 15.0. The number of anilines is 1. The Morgan fingerprint density at radius 3 is 2.63 bits per heavy atom. The van der Waals surface area contributed by atoms with Crippen molar-refractivity contribution in [3.63, 3.8) is 0 Å². The molecule has 2 heterocycles. The molecule has 1 fully saturated rings. The molecule has 5 nitrogen and oxygen atoms in total. The van der Waals surface area contributed by atoms with Gasteiger partial charge in [0.2, 0.25) is 0 Å². The fraction of sp³-hybridized carbons (Fsp3) is 0.318. The standard InChI is InChI=1S/C22H23N3O2/c1-15-22(27)19(14-26)24-21(23-15)13-16-9-11-25(12-10-16)20-8-4-6-17-5-2-3-7-18(17)20/h2-8,14,16,27H,9-13H2,1H3. The molecule has 0 radical (unpaired) electrons. The number of aryl methyl sites for hydroxylation is 1. The molecule has 1 aromatic heterocycles. The average molecular weight is 361 g/mol. The Bertz CT molecular complexity index is 973. The van der Waals surface area contributed by atoms with E-state index in [4.69, 9.17) is 0 Å². The normalized spacial score (nSPS) is 15.2. The van der Waals surface area contributed by atoms with Crippen molar-refractivity contribution in [3.8, 4) is 5.75 Å². The summed E-state index contributed by atoms with van der Waals surface area (Å²) in [5.41, 5.74) is 1.85. The highest BCUT2D eigenvalue weighted by molar-refractivity contribution is 5.94. The Morgan fingerprint density at radius 1 is 1.11 bits per heavy atom. The quantitative estimate of drug-likeness (QED) is 0.714. The summed E-state index contributed by atoms with van der Waals surface area (Å²) in [5, 5.41) is 12.4. The van der Waals surface area contributed by atoms with Gasteiger partial charge in [0.15, 0.2) is 12.0 Å². The highest BCUT2D eigenvalue weighted by Crippen LogP contribution is 2.31. The van der Waals surface area contributed by atoms with E-state index in [1.54, 1.807) is 6.92 Å². The van der Waals surface area contributed by atoms with Crippen molar-refractivity contribution in [1.82, 2.24) is 9.97 Å². The fourth-order valence-electron chi connectivity index (χ4n) is 3.94. The van der Waals surface area contributed by atoms with Gasteiger partial charge in [-0.25, -0.2) is 9.97 Å². The Hall–Kier alpha value is -2.95. The monoisotopic (exact) mass is 361 g/mol. The van der Waals surface area contributed by atoms with E-state index in [2.05, 4.69) is 57.3 Å². The molecule has 4 rings (SSSR count). The Balaban J connectivity index is 1.46. The number of hydrogen-bond acceptors (Lipinski definition) is 5. The van der Waals surface area contributed by atoms with Crippen LogP contribution in [-0.4, -0.2) is 34.5 Å². The molecule has 0 spiro atoms. The minimum Gasteiger partial charge on any atom is -0.504 e. The lowest BCUT2D eigenvalue weighted by molar-refractivity contribution is 0.111. The van der Waals surface area contributed by atoms with Crippen LogP contribution in [0.2, 0.25) is 0 Å². The minimum atomic E-state index is -0.112. The molecule has 1 aliphatic heterocycles. The summed E-state index contributed by atoms with van der Waals surface area (Å²) in [7, 11) is 0. The summed E-state index contributed by atoms with van der Waals surface area (Å²) in [4.78, 5) is 22.1. The molecule has 0 atom stereocenters. The third-order valence-corrected chi connectivity index (χ3v) is 5.44. The number of carbonyl (C=O) groups excluding carboxylic acids is 1. The molecule has 3 aromatic rings. The van der Waals surface area contributed by atoms with E-state index in [0.29, 0.717) is 23.7 Å². The van der Waals surface area contributed by atoms with Crippen molar-refractivity contribution < 1.29 is 9.90 Å². The zero-order chi connectivity index (χ0) is 18.8. The van der Waals surface area contributed by atoms with Crippen LogP contribution in [0.4, 0.5) is 5.69 Å². The smallest absolute Gasteiger partial charge is 0.172 e. The number of aromatic nitrogens is 2. The molecule has 0 unspecified atom stereocenters. The summed E-state index contributed by atoms with van der Waals surface area (Å²) < 4.78 is 0. The SMILES string of the molecule is Cc1nc(CC2CCN(c3cccc4ccccc34)CC2)nc(C=O)c1O. The van der Waals surface area contributed by atoms with E-state index in [0.717, 1.165) is 32.4 Å². The van der Waals surface area contributed by atoms with E-state index in [9.17, 15) is 9.90 Å². The molecule has 0 amide bonds. The zero-order valence-corrected chi connectivity index (χ0v) is 15.4. The number of piperidine rings is 1. The Labute approximate surface area is 158 Å². The van der Waals surface area contributed by atoms with E-state index >= 15 is 0 Å². The van der Waals surface area contributed by atoms with Gasteiger partial charge in [-0.3, -0.25) is 4.79 Å². The number of rotatable bonds is 4. The van der Waals surface area contributed by atoms with Gasteiger partial charge in [0, 0.05) is 30.6 Å². The van der Waals surface area contributed by atoms with Gasteiger partial charge in [-0.1, -0.05) is 36.4 Å². The third-order valence-electron chi connectivity index (χ3n) is 5.44. The molecule has 1 aliphatic rings. The van der Waals surface area contributed by atoms with Gasteiger partial charge in [-0.2, -0.15) is 0 Å². The van der Waals surface area contributed by atoms with Crippen molar-refractivity contribution in [2.45, 2.75) is 26.2 Å². The van der Waals surface area contributed by atoms with E-state index in [1.807, 2.05) is 0 Å². The molecule has 0 saturated carbocycles. The van der Waals surface area contributed by atoms with Crippen LogP contribution in [0.15, 0.2) is 42.5 Å². The van der Waals surface area contributed by atoms with Crippen molar-refractivity contribution in [2.75, 3.05) is 18.0 Å². The number of carbonyl (C=O) groups is 1. The molecule has 0 bridgehead atoms. The van der Waals surface area contributed by atoms with Gasteiger partial charge in [0.05, 0.1) is 5.69 Å². The molecule has 5 heteroatoms. The minimum absolute atomic E-state index is 0.0886. The second kappa shape index (κ2) is 7.35. The predicted molar refractivity (Wildman–Crippen MR) is 106 cm³/mol. The lowest BCUT2D eigenvalue weighted by atomic mass is 9.92. The Kier molecular flexibility index (Phi) is 4.75. The van der Waals surface area contributed by atoms with Crippen molar-refractivity contribution in [2.24, 2.45) is 5.92 Å². The van der Waals surface area contributed by atoms with Crippen LogP contribution < -0.4 is 4.90 Å². The van der Waals surface area contributed by atoms with Crippen LogP contribution in [0.3, 0.4) is 0 Å². The maximum atomic E-state index is 11.1. The number of aldehydes is 1. The van der Waals surface area contributed by atoms with Crippen LogP contribution in [0.1, 0.15) is 34.8 Å². The average Bonchev–Trinajstić information content (AvgIpc) is 2.71. The number of nitrogens with zero attached hydrogens (tertiary/aromatic N) is 3. The maximum Gasteiger partial charge on any atom is 0.172 e. The molecular weight excluding hydrogens is 338 g/mol. The number of hydrogen-bond donors (Lipinski definition) is 1. The highest BCUT2D eigenvalue weighted by Gasteiger charge is 2.22. The molecule has 27 heavy (non-hydrogen) atoms. The third kappa shape index (κ3) is 3.50. The largest absolute Gasteiger partial charge is 0.504 e. The topological polar surface area (TPSA) is 66.3 Å². The summed E-state index contributed by atoms with van der Waals surface area (Å²) in [6.45, 7) is 3.70.